The minimum Gasteiger partial charge on any atom is -0.413 e. The molecule has 0 atom stereocenters. The van der Waals surface area contributed by atoms with Crippen LogP contribution in [-0.4, -0.2) is 46.8 Å². The van der Waals surface area contributed by atoms with Crippen molar-refractivity contribution in [1.82, 2.24) is 29.9 Å². The maximum Gasteiger partial charge on any atom is 0.470 e. The van der Waals surface area contributed by atoms with Gasteiger partial charge in [0.2, 0.25) is 17.3 Å². The number of aromatic nitrogens is 6. The molecule has 0 aliphatic rings. The Morgan fingerprint density at radius 1 is 0.769 bits per heavy atom. The minimum absolute atomic E-state index is 0. The molecular weight excluding hydrogens is 857 g/mol. The lowest BCUT2D eigenvalue weighted by molar-refractivity contribution is -0.157. The average Bonchev–Trinajstić information content (AvgIpc) is 3.89. The molecule has 6 rings (SSSR count). The van der Waals surface area contributed by atoms with E-state index in [9.17, 15) is 45.5 Å². The van der Waals surface area contributed by atoms with Crippen molar-refractivity contribution < 1.29 is 44.8 Å². The number of rotatable bonds is 7. The highest BCUT2D eigenvalue weighted by Crippen LogP contribution is 2.31. The predicted octanol–water partition coefficient (Wildman–Crippen LogP) is 8.57. The van der Waals surface area contributed by atoms with E-state index >= 15 is 0 Å². The second-order valence-electron chi connectivity index (χ2n) is 9.33. The first-order valence-electron chi connectivity index (χ1n) is 13.3. The number of aromatic amines is 1. The molecule has 0 aromatic carbocycles. The number of carbonyl (C=O) groups excluding carboxylic acids is 2. The topological polar surface area (TPSA) is 167 Å². The van der Waals surface area contributed by atoms with Gasteiger partial charge in [-0.15, -0.1) is 43.1 Å². The first-order chi connectivity index (χ1) is 23.9. The smallest absolute Gasteiger partial charge is 0.413 e. The molecule has 12 nitrogen and oxygen atoms in total. The Hall–Kier alpha value is -4.44. The molecule has 0 saturated carbocycles. The van der Waals surface area contributed by atoms with E-state index in [0.717, 1.165) is 28.0 Å². The number of alkyl halides is 7. The van der Waals surface area contributed by atoms with E-state index in [1.807, 2.05) is 0 Å². The van der Waals surface area contributed by atoms with Crippen LogP contribution >= 0.6 is 61.8 Å². The third-order valence-corrected chi connectivity index (χ3v) is 8.79. The van der Waals surface area contributed by atoms with Crippen molar-refractivity contribution in [2.45, 2.75) is 26.3 Å². The van der Waals surface area contributed by atoms with Crippen LogP contribution in [0.4, 0.5) is 26.3 Å². The van der Waals surface area contributed by atoms with Crippen LogP contribution in [0.25, 0.3) is 22.9 Å². The zero-order valence-electron chi connectivity index (χ0n) is 24.6. The van der Waals surface area contributed by atoms with Gasteiger partial charge in [-0.25, -0.2) is 0 Å². The summed E-state index contributed by atoms with van der Waals surface area (Å²) >= 11 is 16.8. The molecule has 0 aliphatic carbocycles. The van der Waals surface area contributed by atoms with Crippen LogP contribution in [0.1, 0.15) is 38.6 Å². The Morgan fingerprint density at radius 2 is 1.27 bits per heavy atom. The van der Waals surface area contributed by atoms with E-state index in [2.05, 4.69) is 50.1 Å². The van der Waals surface area contributed by atoms with Gasteiger partial charge in [-0.3, -0.25) is 19.2 Å². The van der Waals surface area contributed by atoms with Crippen molar-refractivity contribution in [3.8, 4) is 22.9 Å². The molecule has 23 heteroatoms. The molecule has 6 aromatic heterocycles. The highest BCUT2D eigenvalue weighted by atomic mass is 79.9. The number of thiophene rings is 2. The lowest BCUT2D eigenvalue weighted by atomic mass is 10.2. The molecule has 1 N–H and O–H groups in total. The molecule has 0 fully saturated rings. The molecule has 0 radical (unpaired) electrons. The number of ketones is 2. The Labute approximate surface area is 313 Å². The van der Waals surface area contributed by atoms with E-state index in [1.54, 1.807) is 24.3 Å². The number of H-pyrrole nitrogens is 1. The van der Waals surface area contributed by atoms with Crippen molar-refractivity contribution in [2.75, 3.05) is 5.33 Å². The van der Waals surface area contributed by atoms with Crippen LogP contribution in [0.2, 0.25) is 8.67 Å². The zero-order chi connectivity index (χ0) is 37.5. The summed E-state index contributed by atoms with van der Waals surface area (Å²) in [7, 11) is 0. The van der Waals surface area contributed by atoms with Crippen molar-refractivity contribution in [3.63, 3.8) is 0 Å². The molecule has 6 aromatic rings. The van der Waals surface area contributed by atoms with Gasteiger partial charge in [0.1, 0.15) is 0 Å². The van der Waals surface area contributed by atoms with Crippen LogP contribution in [0.3, 0.4) is 0 Å². The first-order valence-corrected chi connectivity index (χ1v) is 16.8. The quantitative estimate of drug-likeness (QED) is 0.0933. The third-order valence-electron chi connectivity index (χ3n) is 5.73. The summed E-state index contributed by atoms with van der Waals surface area (Å²) in [6, 6.07) is 11.3. The fraction of sp³-hybridized carbons (Fsp3) is 0.172. The van der Waals surface area contributed by atoms with Crippen LogP contribution < -0.4 is 11.1 Å². The van der Waals surface area contributed by atoms with Crippen LogP contribution in [0.15, 0.2) is 79.3 Å². The molecule has 276 valence electrons. The summed E-state index contributed by atoms with van der Waals surface area (Å²) in [6.45, 7) is -0.229. The summed E-state index contributed by atoms with van der Waals surface area (Å²) in [5, 5.41) is 12.6. The van der Waals surface area contributed by atoms with Gasteiger partial charge in [0, 0.05) is 35.7 Å². The molecule has 0 unspecified atom stereocenters. The highest BCUT2D eigenvalue weighted by molar-refractivity contribution is 9.09. The SMILES string of the molecule is C.O=C(CBr)c1ccc(Cl)s1.O=C(Cn1ccc(-c2nnc(C(F)(F)F)o2)cc1=O)c1ccc(Cl)s1.O=c1cc(-c2nnc(C(F)(F)F)o2)cc[nH]1. The van der Waals surface area contributed by atoms with E-state index < -0.39 is 41.1 Å². The fourth-order valence-corrected chi connectivity index (χ4v) is 5.93. The van der Waals surface area contributed by atoms with Gasteiger partial charge in [0.15, 0.2) is 11.6 Å². The van der Waals surface area contributed by atoms with Gasteiger partial charge in [0.25, 0.3) is 5.56 Å². The predicted molar refractivity (Wildman–Crippen MR) is 182 cm³/mol. The van der Waals surface area contributed by atoms with Gasteiger partial charge in [-0.1, -0.05) is 46.6 Å². The van der Waals surface area contributed by atoms with Gasteiger partial charge < -0.3 is 18.4 Å². The molecule has 0 amide bonds. The van der Waals surface area contributed by atoms with Gasteiger partial charge in [-0.05, 0) is 36.4 Å². The number of carbonyl (C=O) groups is 2. The molecular formula is C29H19BrCl2F6N6O6S2. The first kappa shape index (κ1) is 42.0. The summed E-state index contributed by atoms with van der Waals surface area (Å²) < 4.78 is 84.9. The third kappa shape index (κ3) is 11.5. The number of nitrogens with zero attached hydrogens (tertiary/aromatic N) is 5. The van der Waals surface area contributed by atoms with Crippen LogP contribution in [0.5, 0.6) is 0 Å². The number of pyridine rings is 2. The molecule has 0 aliphatic heterocycles. The van der Waals surface area contributed by atoms with Gasteiger partial charge >= 0.3 is 24.1 Å². The second kappa shape index (κ2) is 17.9. The fourth-order valence-electron chi connectivity index (χ4n) is 3.48. The number of hydrogen-bond donors (Lipinski definition) is 1. The monoisotopic (exact) mass is 874 g/mol. The Bertz CT molecular complexity index is 2260. The molecule has 6 heterocycles. The van der Waals surface area contributed by atoms with E-state index in [1.165, 1.54) is 35.9 Å². The lowest BCUT2D eigenvalue weighted by Gasteiger charge is -2.04. The number of nitrogens with one attached hydrogen (secondary N) is 1. The average molecular weight is 876 g/mol. The van der Waals surface area contributed by atoms with Crippen molar-refractivity contribution in [2.24, 2.45) is 0 Å². The molecule has 0 spiro atoms. The number of halogens is 9. The van der Waals surface area contributed by atoms with E-state index in [0.29, 0.717) is 23.8 Å². The van der Waals surface area contributed by atoms with Gasteiger partial charge in [-0.2, -0.15) is 26.3 Å². The summed E-state index contributed by atoms with van der Waals surface area (Å²) in [5.74, 6) is -3.97. The van der Waals surface area contributed by atoms with Crippen molar-refractivity contribution in [3.05, 3.63) is 112 Å². The number of hydrogen-bond acceptors (Lipinski definition) is 12. The van der Waals surface area contributed by atoms with E-state index in [-0.39, 0.29) is 42.6 Å². The number of Topliss-reactive ketones (excluding diaryl/α,β-unsaturated/α-hetero) is 2. The summed E-state index contributed by atoms with van der Waals surface area (Å²) in [6.07, 6.45) is -6.92. The summed E-state index contributed by atoms with van der Waals surface area (Å²) in [5.41, 5.74) is -0.910. The van der Waals surface area contributed by atoms with Gasteiger partial charge in [0.05, 0.1) is 30.3 Å². The Morgan fingerprint density at radius 3 is 1.67 bits per heavy atom. The van der Waals surface area contributed by atoms with Crippen LogP contribution in [0, 0.1) is 0 Å². The maximum atomic E-state index is 12.5. The van der Waals surface area contributed by atoms with Crippen LogP contribution in [-0.2, 0) is 18.9 Å². The molecule has 52 heavy (non-hydrogen) atoms. The van der Waals surface area contributed by atoms with E-state index in [4.69, 9.17) is 23.2 Å². The van der Waals surface area contributed by atoms with Crippen molar-refractivity contribution >= 4 is 73.4 Å². The zero-order valence-corrected chi connectivity index (χ0v) is 29.3. The minimum atomic E-state index is -4.77. The highest BCUT2D eigenvalue weighted by Gasteiger charge is 2.39. The Balaban J connectivity index is 0.000000231. The normalized spacial score (nSPS) is 11.1. The standard InChI is InChI=1S/C14H7ClF3N3O3S.C8H4F3N3O2.C6H4BrClOS.CH4/c15-10-2-1-9(25-10)8(22)6-21-4-3-7(5-11(21)23)12-19-20-13(24-12)14(16,17)18;9-8(10,11)7-14-13-6(16-7)4-1-2-12-5(15)3-4;7-3-4(9)5-1-2-6(8)10-5;/h1-5H,6H2;1-3H,(H,12,15);1-2H,3H2;1H4. The molecule has 0 saturated heterocycles. The Kier molecular flexibility index (Phi) is 14.4. The largest absolute Gasteiger partial charge is 0.470 e. The van der Waals surface area contributed by atoms with Crippen molar-refractivity contribution in [1.29, 1.82) is 0 Å². The molecule has 0 bridgehead atoms. The second-order valence-corrected chi connectivity index (χ2v) is 13.3. The summed E-state index contributed by atoms with van der Waals surface area (Å²) in [4.78, 5) is 49.4. The lowest BCUT2D eigenvalue weighted by Crippen LogP contribution is -2.22. The maximum absolute atomic E-state index is 12.5.